The highest BCUT2D eigenvalue weighted by atomic mass is 35.5. The molecule has 1 rings (SSSR count). The Bertz CT molecular complexity index is 507. The van der Waals surface area contributed by atoms with E-state index in [0.29, 0.717) is 5.56 Å². The molecule has 8 heteroatoms. The summed E-state index contributed by atoms with van der Waals surface area (Å²) in [6.45, 7) is 0.605. The molecule has 0 heterocycles. The minimum atomic E-state index is -4.05. The summed E-state index contributed by atoms with van der Waals surface area (Å²) in [5, 5.41) is -2.31. The molecule has 0 saturated heterocycles. The molecule has 1 amide bonds. The van der Waals surface area contributed by atoms with Crippen LogP contribution in [0.4, 0.5) is 13.6 Å². The molecule has 116 valence electrons. The summed E-state index contributed by atoms with van der Waals surface area (Å²) in [7, 11) is 0.903. The molecule has 1 aromatic carbocycles. The predicted octanol–water partition coefficient (Wildman–Crippen LogP) is 2.68. The number of esters is 1. The molecule has 0 aliphatic rings. The van der Waals surface area contributed by atoms with E-state index in [9.17, 15) is 18.4 Å². The Morgan fingerprint density at radius 2 is 1.86 bits per heavy atom. The van der Waals surface area contributed by atoms with Gasteiger partial charge in [0.25, 0.3) is 0 Å². The van der Waals surface area contributed by atoms with Crippen molar-refractivity contribution in [3.8, 4) is 0 Å². The zero-order chi connectivity index (χ0) is 16.1. The summed E-state index contributed by atoms with van der Waals surface area (Å²) in [6, 6.07) is 8.59. The van der Waals surface area contributed by atoms with Crippen molar-refractivity contribution in [2.24, 2.45) is 0 Å². The summed E-state index contributed by atoms with van der Waals surface area (Å²) < 4.78 is 35.6. The summed E-state index contributed by atoms with van der Waals surface area (Å²) in [5.41, 5.74) is -2.08. The van der Waals surface area contributed by atoms with Gasteiger partial charge in [-0.05, 0) is 24.1 Å². The molecule has 0 saturated carbocycles. The first-order valence-corrected chi connectivity index (χ1v) is 6.22. The number of amides is 1. The molecular weight excluding hydrogens is 308 g/mol. The van der Waals surface area contributed by atoms with Crippen LogP contribution in [0.5, 0.6) is 0 Å². The van der Waals surface area contributed by atoms with Crippen molar-refractivity contribution in [3.05, 3.63) is 35.9 Å². The third-order valence-electron chi connectivity index (χ3n) is 2.73. The molecule has 0 aliphatic carbocycles. The first kappa shape index (κ1) is 17.2. The van der Waals surface area contributed by atoms with Crippen molar-refractivity contribution >= 4 is 23.7 Å². The maximum Gasteiger partial charge on any atom is 0.408 e. The molecule has 1 N–H and O–H groups in total. The second-order valence-corrected chi connectivity index (χ2v) is 4.78. The Labute approximate surface area is 125 Å². The number of alkyl carbamates (subject to hydrolysis) is 1. The highest BCUT2D eigenvalue weighted by Crippen LogP contribution is 2.33. The average molecular weight is 322 g/mol. The summed E-state index contributed by atoms with van der Waals surface area (Å²) in [5.74, 6) is -1.39. The quantitative estimate of drug-likeness (QED) is 0.669. The van der Waals surface area contributed by atoms with Crippen molar-refractivity contribution in [3.63, 3.8) is 0 Å². The highest BCUT2D eigenvalue weighted by molar-refractivity contribution is 6.24. The zero-order valence-corrected chi connectivity index (χ0v) is 12.1. The number of nitrogens with one attached hydrogen (secondary N) is 1. The largest absolute Gasteiger partial charge is 0.467 e. The molecule has 0 spiro atoms. The molecule has 21 heavy (non-hydrogen) atoms. The lowest BCUT2D eigenvalue weighted by molar-refractivity contribution is -0.157. The number of benzene rings is 1. The Morgan fingerprint density at radius 1 is 1.29 bits per heavy atom. The maximum atomic E-state index is 13.3. The number of rotatable bonds is 5. The van der Waals surface area contributed by atoms with Crippen LogP contribution in [0, 0.1) is 0 Å². The average Bonchev–Trinajstić information content (AvgIpc) is 2.44. The molecular formula is C13H14ClF2NO4. The minimum Gasteiger partial charge on any atom is -0.467 e. The van der Waals surface area contributed by atoms with Crippen LogP contribution in [0.2, 0.25) is 0 Å². The topological polar surface area (TPSA) is 64.6 Å². The Balaban J connectivity index is 2.72. The van der Waals surface area contributed by atoms with Crippen LogP contribution >= 0.6 is 11.6 Å². The van der Waals surface area contributed by atoms with Crippen molar-refractivity contribution in [1.82, 2.24) is 5.32 Å². The number of carbonyl (C=O) groups excluding carboxylic acids is 2. The standard InChI is InChI=1S/C13H14ClF2NO4/c1-12(10(18)20-2,13(14,15)16)17-11(19)21-8-9-6-4-3-5-7-9/h3-7H,8H2,1-2H3,(H,17,19). The van der Waals surface area contributed by atoms with Gasteiger partial charge in [0, 0.05) is 0 Å². The van der Waals surface area contributed by atoms with Crippen molar-refractivity contribution < 1.29 is 27.8 Å². The third-order valence-corrected chi connectivity index (χ3v) is 3.10. The molecule has 5 nitrogen and oxygen atoms in total. The van der Waals surface area contributed by atoms with Gasteiger partial charge < -0.3 is 9.47 Å². The molecule has 0 bridgehead atoms. The lowest BCUT2D eigenvalue weighted by atomic mass is 10.0. The molecule has 1 unspecified atom stereocenters. The van der Waals surface area contributed by atoms with Crippen LogP contribution in [0.25, 0.3) is 0 Å². The Hall–Kier alpha value is -1.89. The van der Waals surface area contributed by atoms with Crippen molar-refractivity contribution in [1.29, 1.82) is 0 Å². The van der Waals surface area contributed by atoms with Crippen LogP contribution in [-0.4, -0.2) is 30.1 Å². The molecule has 0 radical (unpaired) electrons. The van der Waals surface area contributed by atoms with E-state index in [1.54, 1.807) is 35.6 Å². The van der Waals surface area contributed by atoms with E-state index in [1.165, 1.54) is 0 Å². The van der Waals surface area contributed by atoms with Crippen LogP contribution in [-0.2, 0) is 20.9 Å². The van der Waals surface area contributed by atoms with Gasteiger partial charge in [-0.2, -0.15) is 8.78 Å². The normalized spacial score (nSPS) is 14.0. The second kappa shape index (κ2) is 6.71. The molecule has 0 aliphatic heterocycles. The lowest BCUT2D eigenvalue weighted by Gasteiger charge is -2.30. The first-order valence-electron chi connectivity index (χ1n) is 5.84. The van der Waals surface area contributed by atoms with Gasteiger partial charge in [0.1, 0.15) is 6.61 Å². The van der Waals surface area contributed by atoms with Gasteiger partial charge in [0.2, 0.25) is 5.54 Å². The monoisotopic (exact) mass is 321 g/mol. The lowest BCUT2D eigenvalue weighted by Crippen LogP contribution is -2.62. The van der Waals surface area contributed by atoms with Crippen LogP contribution in [0.15, 0.2) is 30.3 Å². The van der Waals surface area contributed by atoms with E-state index in [2.05, 4.69) is 4.74 Å². The first-order chi connectivity index (χ1) is 9.70. The summed E-state index contributed by atoms with van der Waals surface area (Å²) in [6.07, 6.45) is -1.22. The number of methoxy groups -OCH3 is 1. The maximum absolute atomic E-state index is 13.3. The van der Waals surface area contributed by atoms with E-state index in [4.69, 9.17) is 16.3 Å². The van der Waals surface area contributed by atoms with Gasteiger partial charge in [-0.25, -0.2) is 9.59 Å². The fraction of sp³-hybridized carbons (Fsp3) is 0.385. The number of halogens is 3. The third kappa shape index (κ3) is 4.29. The zero-order valence-electron chi connectivity index (χ0n) is 11.4. The second-order valence-electron chi connectivity index (χ2n) is 4.30. The SMILES string of the molecule is COC(=O)C(C)(NC(=O)OCc1ccccc1)C(F)(F)Cl. The minimum absolute atomic E-state index is 0.141. The van der Waals surface area contributed by atoms with Crippen LogP contribution in [0.1, 0.15) is 12.5 Å². The van der Waals surface area contributed by atoms with E-state index in [1.807, 2.05) is 0 Å². The molecule has 1 atom stereocenters. The van der Waals surface area contributed by atoms with Gasteiger partial charge >= 0.3 is 17.4 Å². The van der Waals surface area contributed by atoms with Gasteiger partial charge in [0.05, 0.1) is 7.11 Å². The number of hydrogen-bond donors (Lipinski definition) is 1. The fourth-order valence-corrected chi connectivity index (χ4v) is 1.53. The van der Waals surface area contributed by atoms with Crippen LogP contribution in [0.3, 0.4) is 0 Å². The van der Waals surface area contributed by atoms with E-state index < -0.39 is 23.0 Å². The molecule has 0 fully saturated rings. The van der Waals surface area contributed by atoms with Crippen molar-refractivity contribution in [2.75, 3.05) is 7.11 Å². The Kier molecular flexibility index (Phi) is 5.48. The summed E-state index contributed by atoms with van der Waals surface area (Å²) in [4.78, 5) is 23.0. The number of ether oxygens (including phenoxy) is 2. The highest BCUT2D eigenvalue weighted by Gasteiger charge is 2.57. The van der Waals surface area contributed by atoms with Gasteiger partial charge in [-0.3, -0.25) is 5.32 Å². The number of alkyl halides is 3. The van der Waals surface area contributed by atoms with E-state index in [-0.39, 0.29) is 6.61 Å². The van der Waals surface area contributed by atoms with Gasteiger partial charge in [-0.1, -0.05) is 30.3 Å². The van der Waals surface area contributed by atoms with E-state index >= 15 is 0 Å². The van der Waals surface area contributed by atoms with Gasteiger partial charge in [-0.15, -0.1) is 0 Å². The molecule has 0 aromatic heterocycles. The Morgan fingerprint density at radius 3 is 2.33 bits per heavy atom. The molecule has 1 aromatic rings. The predicted molar refractivity (Wildman–Crippen MR) is 71.0 cm³/mol. The van der Waals surface area contributed by atoms with Gasteiger partial charge in [0.15, 0.2) is 0 Å². The number of carbonyl (C=O) groups is 2. The fourth-order valence-electron chi connectivity index (χ4n) is 1.41. The number of hydrogen-bond acceptors (Lipinski definition) is 4. The smallest absolute Gasteiger partial charge is 0.408 e. The van der Waals surface area contributed by atoms with E-state index in [0.717, 1.165) is 14.0 Å². The van der Waals surface area contributed by atoms with Crippen molar-refractivity contribution in [2.45, 2.75) is 24.5 Å². The summed E-state index contributed by atoms with van der Waals surface area (Å²) >= 11 is 4.87. The van der Waals surface area contributed by atoms with Crippen LogP contribution < -0.4 is 5.32 Å².